The molecule has 0 aromatic carbocycles. The lowest BCUT2D eigenvalue weighted by Crippen LogP contribution is -2.36. The van der Waals surface area contributed by atoms with Gasteiger partial charge in [-0.2, -0.15) is 0 Å². The van der Waals surface area contributed by atoms with Crippen LogP contribution in [0.25, 0.3) is 0 Å². The summed E-state index contributed by atoms with van der Waals surface area (Å²) in [4.78, 5) is 31.1. The number of aromatic nitrogens is 1. The summed E-state index contributed by atoms with van der Waals surface area (Å²) in [5.74, 6) is -0.0805. The van der Waals surface area contributed by atoms with E-state index >= 15 is 0 Å². The van der Waals surface area contributed by atoms with Crippen LogP contribution in [0.15, 0.2) is 18.3 Å². The van der Waals surface area contributed by atoms with Crippen molar-refractivity contribution in [3.8, 4) is 0 Å². The Morgan fingerprint density at radius 1 is 1.21 bits per heavy atom. The van der Waals surface area contributed by atoms with E-state index in [0.717, 1.165) is 6.42 Å². The lowest BCUT2D eigenvalue weighted by molar-refractivity contribution is -0.128. The zero-order valence-corrected chi connectivity index (χ0v) is 11.6. The fourth-order valence-electron chi connectivity index (χ4n) is 2.12. The molecule has 102 valence electrons. The maximum Gasteiger partial charge on any atom is 0.272 e. The van der Waals surface area contributed by atoms with Crippen molar-refractivity contribution >= 4 is 23.4 Å². The summed E-state index contributed by atoms with van der Waals surface area (Å²) in [5, 5.41) is 0.499. The predicted octanol–water partition coefficient (Wildman–Crippen LogP) is 1.43. The zero-order valence-electron chi connectivity index (χ0n) is 10.8. The van der Waals surface area contributed by atoms with Gasteiger partial charge < -0.3 is 9.80 Å². The number of amides is 2. The minimum Gasteiger partial charge on any atom is -0.341 e. The number of pyridine rings is 1. The first-order chi connectivity index (χ1) is 9.08. The Balaban J connectivity index is 2.06. The highest BCUT2D eigenvalue weighted by atomic mass is 35.5. The van der Waals surface area contributed by atoms with Crippen LogP contribution in [-0.2, 0) is 4.79 Å². The summed E-state index contributed by atoms with van der Waals surface area (Å²) in [6, 6.07) is 3.20. The Morgan fingerprint density at radius 2 is 1.89 bits per heavy atom. The van der Waals surface area contributed by atoms with E-state index in [1.165, 1.54) is 6.20 Å². The monoisotopic (exact) mass is 281 g/mol. The SMILES string of the molecule is CC(=O)N1CCCN(C(=O)c2cc(Cl)ccn2)CC1. The smallest absolute Gasteiger partial charge is 0.272 e. The van der Waals surface area contributed by atoms with Gasteiger partial charge in [-0.3, -0.25) is 14.6 Å². The minimum atomic E-state index is -0.132. The fourth-order valence-corrected chi connectivity index (χ4v) is 2.28. The van der Waals surface area contributed by atoms with Crippen molar-refractivity contribution in [2.24, 2.45) is 0 Å². The molecule has 0 atom stereocenters. The van der Waals surface area contributed by atoms with Crippen LogP contribution in [0.1, 0.15) is 23.8 Å². The maximum absolute atomic E-state index is 12.3. The Labute approximate surface area is 117 Å². The highest BCUT2D eigenvalue weighted by Gasteiger charge is 2.22. The molecule has 0 saturated carbocycles. The van der Waals surface area contributed by atoms with E-state index < -0.39 is 0 Å². The molecular formula is C13H16ClN3O2. The quantitative estimate of drug-likeness (QED) is 0.782. The van der Waals surface area contributed by atoms with E-state index in [4.69, 9.17) is 11.6 Å². The summed E-state index contributed by atoms with van der Waals surface area (Å²) in [5.41, 5.74) is 0.351. The van der Waals surface area contributed by atoms with Gasteiger partial charge in [0, 0.05) is 44.3 Å². The van der Waals surface area contributed by atoms with Crippen molar-refractivity contribution in [2.75, 3.05) is 26.2 Å². The standard InChI is InChI=1S/C13H16ClN3O2/c1-10(18)16-5-2-6-17(8-7-16)13(19)12-9-11(14)3-4-15-12/h3-4,9H,2,5-8H2,1H3. The van der Waals surface area contributed by atoms with Crippen molar-refractivity contribution < 1.29 is 9.59 Å². The normalized spacial score (nSPS) is 16.1. The van der Waals surface area contributed by atoms with Gasteiger partial charge in [-0.05, 0) is 18.6 Å². The van der Waals surface area contributed by atoms with Crippen molar-refractivity contribution in [1.82, 2.24) is 14.8 Å². The van der Waals surface area contributed by atoms with E-state index in [0.29, 0.717) is 36.9 Å². The van der Waals surface area contributed by atoms with E-state index in [9.17, 15) is 9.59 Å². The first-order valence-electron chi connectivity index (χ1n) is 6.24. The Hall–Kier alpha value is -1.62. The molecule has 0 N–H and O–H groups in total. The van der Waals surface area contributed by atoms with Gasteiger partial charge in [0.2, 0.25) is 5.91 Å². The number of carbonyl (C=O) groups is 2. The third-order valence-corrected chi connectivity index (χ3v) is 3.40. The molecule has 2 rings (SSSR count). The number of hydrogen-bond acceptors (Lipinski definition) is 3. The van der Waals surface area contributed by atoms with E-state index in [-0.39, 0.29) is 11.8 Å². The molecule has 0 unspecified atom stereocenters. The van der Waals surface area contributed by atoms with Gasteiger partial charge in [0.15, 0.2) is 0 Å². The van der Waals surface area contributed by atoms with Gasteiger partial charge in [-0.1, -0.05) is 11.6 Å². The molecule has 2 heterocycles. The van der Waals surface area contributed by atoms with Gasteiger partial charge in [0.05, 0.1) is 0 Å². The molecule has 1 saturated heterocycles. The van der Waals surface area contributed by atoms with Crippen LogP contribution in [0.3, 0.4) is 0 Å². The van der Waals surface area contributed by atoms with Gasteiger partial charge in [-0.15, -0.1) is 0 Å². The second kappa shape index (κ2) is 6.02. The second-order valence-electron chi connectivity index (χ2n) is 4.51. The third kappa shape index (κ3) is 3.44. The average Bonchev–Trinajstić information content (AvgIpc) is 2.63. The Kier molecular flexibility index (Phi) is 4.37. The Bertz CT molecular complexity index is 493. The van der Waals surface area contributed by atoms with Crippen LogP contribution in [0.5, 0.6) is 0 Å². The molecular weight excluding hydrogens is 266 g/mol. The molecule has 2 amide bonds. The molecule has 19 heavy (non-hydrogen) atoms. The maximum atomic E-state index is 12.3. The first-order valence-corrected chi connectivity index (χ1v) is 6.62. The number of halogens is 1. The van der Waals surface area contributed by atoms with Crippen LogP contribution in [0.2, 0.25) is 5.02 Å². The van der Waals surface area contributed by atoms with Gasteiger partial charge in [0.1, 0.15) is 5.69 Å². The molecule has 1 aromatic rings. The number of carbonyl (C=O) groups excluding carboxylic acids is 2. The van der Waals surface area contributed by atoms with Gasteiger partial charge in [-0.25, -0.2) is 0 Å². The first kappa shape index (κ1) is 13.8. The van der Waals surface area contributed by atoms with Crippen molar-refractivity contribution in [2.45, 2.75) is 13.3 Å². The molecule has 1 aliphatic heterocycles. The minimum absolute atomic E-state index is 0.0511. The van der Waals surface area contributed by atoms with E-state index in [1.807, 2.05) is 0 Å². The summed E-state index contributed by atoms with van der Waals surface area (Å²) >= 11 is 5.86. The van der Waals surface area contributed by atoms with Crippen molar-refractivity contribution in [3.63, 3.8) is 0 Å². The molecule has 0 bridgehead atoms. The fraction of sp³-hybridized carbons (Fsp3) is 0.462. The van der Waals surface area contributed by atoms with Gasteiger partial charge in [0.25, 0.3) is 5.91 Å². The summed E-state index contributed by atoms with van der Waals surface area (Å²) < 4.78 is 0. The molecule has 0 spiro atoms. The molecule has 0 aliphatic carbocycles. The van der Waals surface area contributed by atoms with Crippen LogP contribution in [0.4, 0.5) is 0 Å². The zero-order chi connectivity index (χ0) is 13.8. The molecule has 5 nitrogen and oxygen atoms in total. The summed E-state index contributed by atoms with van der Waals surface area (Å²) in [6.45, 7) is 3.99. The van der Waals surface area contributed by atoms with Crippen molar-refractivity contribution in [3.05, 3.63) is 29.0 Å². The van der Waals surface area contributed by atoms with Crippen LogP contribution in [-0.4, -0.2) is 52.8 Å². The third-order valence-electron chi connectivity index (χ3n) is 3.17. The highest BCUT2D eigenvalue weighted by Crippen LogP contribution is 2.12. The molecule has 6 heteroatoms. The van der Waals surface area contributed by atoms with Crippen LogP contribution >= 0.6 is 11.6 Å². The predicted molar refractivity (Wildman–Crippen MR) is 72.0 cm³/mol. The topological polar surface area (TPSA) is 53.5 Å². The van der Waals surface area contributed by atoms with Crippen LogP contribution < -0.4 is 0 Å². The molecule has 1 fully saturated rings. The van der Waals surface area contributed by atoms with E-state index in [1.54, 1.807) is 28.9 Å². The van der Waals surface area contributed by atoms with Crippen molar-refractivity contribution in [1.29, 1.82) is 0 Å². The number of nitrogens with zero attached hydrogens (tertiary/aromatic N) is 3. The van der Waals surface area contributed by atoms with Crippen LogP contribution in [0, 0.1) is 0 Å². The molecule has 1 aromatic heterocycles. The van der Waals surface area contributed by atoms with Gasteiger partial charge >= 0.3 is 0 Å². The molecule has 0 radical (unpaired) electrons. The summed E-state index contributed by atoms with van der Waals surface area (Å²) in [7, 11) is 0. The Morgan fingerprint density at radius 3 is 2.58 bits per heavy atom. The number of hydrogen-bond donors (Lipinski definition) is 0. The molecule has 1 aliphatic rings. The highest BCUT2D eigenvalue weighted by molar-refractivity contribution is 6.30. The largest absolute Gasteiger partial charge is 0.341 e. The lowest BCUT2D eigenvalue weighted by Gasteiger charge is -2.21. The number of rotatable bonds is 1. The summed E-state index contributed by atoms with van der Waals surface area (Å²) in [6.07, 6.45) is 2.31. The second-order valence-corrected chi connectivity index (χ2v) is 4.95. The lowest BCUT2D eigenvalue weighted by atomic mass is 10.3. The van der Waals surface area contributed by atoms with E-state index in [2.05, 4.69) is 4.98 Å². The average molecular weight is 282 g/mol.